The van der Waals surface area contributed by atoms with Gasteiger partial charge in [0.25, 0.3) is 5.56 Å². The number of benzene rings is 2. The summed E-state index contributed by atoms with van der Waals surface area (Å²) < 4.78 is 0.967. The van der Waals surface area contributed by atoms with E-state index in [2.05, 4.69) is 10.3 Å². The monoisotopic (exact) mass is 374 g/mol. The highest BCUT2D eigenvalue weighted by atomic mass is 35.5. The van der Waals surface area contributed by atoms with Crippen molar-refractivity contribution in [3.63, 3.8) is 0 Å². The maximum Gasteiger partial charge on any atom is 0.280 e. The number of rotatable bonds is 5. The van der Waals surface area contributed by atoms with Crippen molar-refractivity contribution in [2.75, 3.05) is 11.6 Å². The minimum Gasteiger partial charge on any atom is -0.351 e. The standard InChI is InChI=1S/C17H15ClN4O2S/c18-13-7-3-1-5-11(13)9-20-15(23)10-25-17-21-14-8-4-2-6-12(14)16(24)22(17)19/h1-8H,9-10,19H2,(H,20,23). The van der Waals surface area contributed by atoms with E-state index in [9.17, 15) is 9.59 Å². The average molecular weight is 375 g/mol. The van der Waals surface area contributed by atoms with Crippen LogP contribution in [0.25, 0.3) is 10.9 Å². The highest BCUT2D eigenvalue weighted by Crippen LogP contribution is 2.17. The zero-order valence-electron chi connectivity index (χ0n) is 13.1. The van der Waals surface area contributed by atoms with Crippen molar-refractivity contribution in [2.24, 2.45) is 0 Å². The summed E-state index contributed by atoms with van der Waals surface area (Å²) in [6.45, 7) is 0.333. The quantitative estimate of drug-likeness (QED) is 0.406. The Hall–Kier alpha value is -2.51. The summed E-state index contributed by atoms with van der Waals surface area (Å²) in [4.78, 5) is 28.6. The fourth-order valence-corrected chi connectivity index (χ4v) is 3.19. The van der Waals surface area contributed by atoms with Crippen molar-refractivity contribution in [3.05, 3.63) is 69.5 Å². The van der Waals surface area contributed by atoms with Gasteiger partial charge in [-0.3, -0.25) is 9.59 Å². The van der Waals surface area contributed by atoms with Gasteiger partial charge in [0.1, 0.15) is 0 Å². The summed E-state index contributed by atoms with van der Waals surface area (Å²) in [5.41, 5.74) is 1.04. The molecule has 25 heavy (non-hydrogen) atoms. The molecule has 0 atom stereocenters. The van der Waals surface area contributed by atoms with Crippen LogP contribution < -0.4 is 16.7 Å². The van der Waals surface area contributed by atoms with Crippen LogP contribution in [0.5, 0.6) is 0 Å². The predicted octanol–water partition coefficient (Wildman–Crippen LogP) is 2.17. The number of fused-ring (bicyclic) bond motifs is 1. The summed E-state index contributed by atoms with van der Waals surface area (Å²) in [6, 6.07) is 14.2. The molecular weight excluding hydrogens is 360 g/mol. The Morgan fingerprint density at radius 1 is 1.20 bits per heavy atom. The predicted molar refractivity (Wildman–Crippen MR) is 100 cm³/mol. The number of carbonyl (C=O) groups is 1. The van der Waals surface area contributed by atoms with Crippen molar-refractivity contribution in [1.29, 1.82) is 0 Å². The Labute approximate surface area is 153 Å². The molecule has 1 heterocycles. The molecule has 8 heteroatoms. The molecule has 0 aliphatic carbocycles. The summed E-state index contributed by atoms with van der Waals surface area (Å²) >= 11 is 7.16. The smallest absolute Gasteiger partial charge is 0.280 e. The van der Waals surface area contributed by atoms with Gasteiger partial charge in [0, 0.05) is 11.6 Å². The molecular formula is C17H15ClN4O2S. The lowest BCUT2D eigenvalue weighted by molar-refractivity contribution is -0.118. The van der Waals surface area contributed by atoms with E-state index in [1.807, 2.05) is 18.2 Å². The Kier molecular flexibility index (Phi) is 5.25. The minimum absolute atomic E-state index is 0.0897. The van der Waals surface area contributed by atoms with Crippen LogP contribution in [-0.4, -0.2) is 21.3 Å². The minimum atomic E-state index is -0.343. The van der Waals surface area contributed by atoms with Gasteiger partial charge in [-0.2, -0.15) is 0 Å². The lowest BCUT2D eigenvalue weighted by Crippen LogP contribution is -2.31. The van der Waals surface area contributed by atoms with Gasteiger partial charge in [0.05, 0.1) is 16.7 Å². The molecule has 0 radical (unpaired) electrons. The maximum atomic E-state index is 12.2. The van der Waals surface area contributed by atoms with Crippen LogP contribution in [0.1, 0.15) is 5.56 Å². The Balaban J connectivity index is 1.66. The van der Waals surface area contributed by atoms with Crippen LogP contribution in [0.2, 0.25) is 5.02 Å². The van der Waals surface area contributed by atoms with Gasteiger partial charge in [-0.15, -0.1) is 0 Å². The second-order valence-electron chi connectivity index (χ2n) is 5.24. The summed E-state index contributed by atoms with van der Waals surface area (Å²) in [7, 11) is 0. The molecule has 0 fully saturated rings. The highest BCUT2D eigenvalue weighted by Gasteiger charge is 2.11. The van der Waals surface area contributed by atoms with Crippen LogP contribution in [0.3, 0.4) is 0 Å². The van der Waals surface area contributed by atoms with Crippen molar-refractivity contribution in [2.45, 2.75) is 11.7 Å². The number of nitrogens with zero attached hydrogens (tertiary/aromatic N) is 2. The first-order valence-corrected chi connectivity index (χ1v) is 8.82. The third-order valence-corrected chi connectivity index (χ3v) is 4.86. The first-order chi connectivity index (χ1) is 12.1. The van der Waals surface area contributed by atoms with Gasteiger partial charge in [-0.05, 0) is 23.8 Å². The fraction of sp³-hybridized carbons (Fsp3) is 0.118. The van der Waals surface area contributed by atoms with E-state index in [4.69, 9.17) is 17.4 Å². The molecule has 0 aliphatic heterocycles. The molecule has 3 rings (SSSR count). The lowest BCUT2D eigenvalue weighted by atomic mass is 10.2. The van der Waals surface area contributed by atoms with Crippen LogP contribution in [0.4, 0.5) is 0 Å². The number of halogens is 1. The van der Waals surface area contributed by atoms with Gasteiger partial charge in [-0.1, -0.05) is 53.7 Å². The molecule has 0 bridgehead atoms. The summed E-state index contributed by atoms with van der Waals surface area (Å²) in [5.74, 6) is 5.68. The first-order valence-electron chi connectivity index (χ1n) is 7.46. The van der Waals surface area contributed by atoms with E-state index in [-0.39, 0.29) is 22.4 Å². The van der Waals surface area contributed by atoms with Crippen molar-refractivity contribution in [3.8, 4) is 0 Å². The number of nitrogens with two attached hydrogens (primary N) is 1. The van der Waals surface area contributed by atoms with Gasteiger partial charge in [0.15, 0.2) is 5.16 Å². The SMILES string of the molecule is Nn1c(SCC(=O)NCc2ccccc2Cl)nc2ccccc2c1=O. The zero-order valence-corrected chi connectivity index (χ0v) is 14.7. The number of thioether (sulfide) groups is 1. The Morgan fingerprint density at radius 2 is 1.92 bits per heavy atom. The first kappa shape index (κ1) is 17.3. The van der Waals surface area contributed by atoms with Gasteiger partial charge < -0.3 is 11.2 Å². The lowest BCUT2D eigenvalue weighted by Gasteiger charge is -2.09. The van der Waals surface area contributed by atoms with Crippen LogP contribution in [-0.2, 0) is 11.3 Å². The number of aromatic nitrogens is 2. The molecule has 0 saturated heterocycles. The van der Waals surface area contributed by atoms with E-state index in [1.165, 1.54) is 0 Å². The average Bonchev–Trinajstić information content (AvgIpc) is 2.63. The summed E-state index contributed by atoms with van der Waals surface area (Å²) in [6.07, 6.45) is 0. The molecule has 1 amide bonds. The van der Waals surface area contributed by atoms with Gasteiger partial charge >= 0.3 is 0 Å². The molecule has 2 aromatic carbocycles. The number of nitrogens with one attached hydrogen (secondary N) is 1. The number of para-hydroxylation sites is 1. The molecule has 6 nitrogen and oxygen atoms in total. The highest BCUT2D eigenvalue weighted by molar-refractivity contribution is 7.99. The fourth-order valence-electron chi connectivity index (χ4n) is 2.24. The largest absolute Gasteiger partial charge is 0.351 e. The molecule has 0 saturated carbocycles. The Morgan fingerprint density at radius 3 is 2.72 bits per heavy atom. The second kappa shape index (κ2) is 7.58. The molecule has 1 aromatic heterocycles. The second-order valence-corrected chi connectivity index (χ2v) is 6.59. The Bertz CT molecular complexity index is 990. The van der Waals surface area contributed by atoms with Gasteiger partial charge in [0.2, 0.25) is 5.91 Å². The maximum absolute atomic E-state index is 12.2. The van der Waals surface area contributed by atoms with Crippen molar-refractivity contribution in [1.82, 2.24) is 15.0 Å². The molecule has 0 spiro atoms. The number of hydrogen-bond donors (Lipinski definition) is 2. The topological polar surface area (TPSA) is 90.0 Å². The van der Waals surface area contributed by atoms with Crippen molar-refractivity contribution < 1.29 is 4.79 Å². The number of nitrogen functional groups attached to an aromatic ring is 1. The van der Waals surface area contributed by atoms with E-state index < -0.39 is 0 Å². The van der Waals surface area contributed by atoms with Crippen LogP contribution in [0, 0.1) is 0 Å². The van der Waals surface area contributed by atoms with Crippen LogP contribution in [0.15, 0.2) is 58.5 Å². The number of amides is 1. The van der Waals surface area contributed by atoms with Crippen molar-refractivity contribution >= 4 is 40.2 Å². The van der Waals surface area contributed by atoms with Crippen LogP contribution >= 0.6 is 23.4 Å². The molecule has 128 valence electrons. The van der Waals surface area contributed by atoms with E-state index in [0.29, 0.717) is 22.5 Å². The normalized spacial score (nSPS) is 10.8. The molecule has 3 N–H and O–H groups in total. The van der Waals surface area contributed by atoms with E-state index >= 15 is 0 Å². The number of carbonyl (C=O) groups excluding carboxylic acids is 1. The molecule has 0 unspecified atom stereocenters. The summed E-state index contributed by atoms with van der Waals surface area (Å²) in [5, 5.41) is 4.11. The third kappa shape index (κ3) is 3.94. The molecule has 0 aliphatic rings. The third-order valence-electron chi connectivity index (χ3n) is 3.54. The van der Waals surface area contributed by atoms with Gasteiger partial charge in [-0.25, -0.2) is 9.66 Å². The molecule has 3 aromatic rings. The zero-order chi connectivity index (χ0) is 17.8. The van der Waals surface area contributed by atoms with E-state index in [1.54, 1.807) is 30.3 Å². The number of hydrogen-bond acceptors (Lipinski definition) is 5. The van der Waals surface area contributed by atoms with E-state index in [0.717, 1.165) is 22.0 Å².